The lowest BCUT2D eigenvalue weighted by Gasteiger charge is -2.55. The van der Waals surface area contributed by atoms with Crippen molar-refractivity contribution in [1.29, 1.82) is 0 Å². The van der Waals surface area contributed by atoms with E-state index >= 15 is 0 Å². The van der Waals surface area contributed by atoms with E-state index in [1.807, 2.05) is 26.8 Å². The van der Waals surface area contributed by atoms with E-state index in [1.54, 1.807) is 17.0 Å². The molecule has 0 spiro atoms. The lowest BCUT2D eigenvalue weighted by Crippen LogP contribution is -2.66. The number of piperidine rings is 2. The van der Waals surface area contributed by atoms with E-state index in [0.717, 1.165) is 0 Å². The fraction of sp³-hybridized carbons (Fsp3) is 0.571. The van der Waals surface area contributed by atoms with Crippen LogP contribution in [0.25, 0.3) is 0 Å². The smallest absolute Gasteiger partial charge is 0.410 e. The molecule has 2 bridgehead atoms. The van der Waals surface area contributed by atoms with Crippen LogP contribution in [0.3, 0.4) is 0 Å². The summed E-state index contributed by atoms with van der Waals surface area (Å²) < 4.78 is 20.9. The van der Waals surface area contributed by atoms with Gasteiger partial charge in [-0.05, 0) is 32.9 Å². The second-order valence-corrected chi connectivity index (χ2v) is 9.65. The Bertz CT molecular complexity index is 749. The lowest BCUT2D eigenvalue weighted by atomic mass is 9.66. The van der Waals surface area contributed by atoms with Crippen LogP contribution >= 0.6 is 15.9 Å². The summed E-state index contributed by atoms with van der Waals surface area (Å²) in [5, 5.41) is 11.7. The third-order valence-electron chi connectivity index (χ3n) is 5.49. The molecule has 2 heterocycles. The van der Waals surface area contributed by atoms with Gasteiger partial charge in [-0.15, -0.1) is 6.58 Å². The van der Waals surface area contributed by atoms with Crippen LogP contribution in [0.4, 0.5) is 9.18 Å². The number of amides is 1. The first-order valence-electron chi connectivity index (χ1n) is 9.53. The van der Waals surface area contributed by atoms with Gasteiger partial charge in [0.15, 0.2) is 0 Å². The molecule has 1 N–H and O–H groups in total. The van der Waals surface area contributed by atoms with Crippen molar-refractivity contribution < 1.29 is 19.0 Å². The number of hydrogen-bond donors (Lipinski definition) is 1. The summed E-state index contributed by atoms with van der Waals surface area (Å²) in [4.78, 5) is 16.5. The molecule has 5 nitrogen and oxygen atoms in total. The van der Waals surface area contributed by atoms with Crippen molar-refractivity contribution in [2.24, 2.45) is 11.8 Å². The Balaban J connectivity index is 1.93. The van der Waals surface area contributed by atoms with Gasteiger partial charge in [0.25, 0.3) is 0 Å². The van der Waals surface area contributed by atoms with Crippen LogP contribution in [0.2, 0.25) is 0 Å². The zero-order valence-corrected chi connectivity index (χ0v) is 18.2. The second-order valence-electron chi connectivity index (χ2n) is 8.74. The quantitative estimate of drug-likeness (QED) is 0.706. The molecule has 1 amide bonds. The van der Waals surface area contributed by atoms with Crippen LogP contribution in [0, 0.1) is 17.7 Å². The molecule has 2 saturated heterocycles. The van der Waals surface area contributed by atoms with Crippen molar-refractivity contribution in [3.63, 3.8) is 0 Å². The average Bonchev–Trinajstić information content (AvgIpc) is 2.54. The number of halogens is 2. The maximum Gasteiger partial charge on any atom is 0.410 e. The van der Waals surface area contributed by atoms with Gasteiger partial charge in [0.2, 0.25) is 0 Å². The molecule has 0 aromatic heterocycles. The Kier molecular flexibility index (Phi) is 5.90. The van der Waals surface area contributed by atoms with Crippen molar-refractivity contribution >= 4 is 22.0 Å². The van der Waals surface area contributed by atoms with E-state index in [1.165, 1.54) is 6.07 Å². The number of likely N-dealkylation sites (tertiary alicyclic amines) is 2. The number of aliphatic hydroxyl groups is 1. The average molecular weight is 455 g/mol. The monoisotopic (exact) mass is 454 g/mol. The Morgan fingerprint density at radius 3 is 2.46 bits per heavy atom. The van der Waals surface area contributed by atoms with Gasteiger partial charge in [-0.3, -0.25) is 4.90 Å². The van der Waals surface area contributed by atoms with E-state index in [4.69, 9.17) is 4.74 Å². The maximum atomic E-state index is 14.8. The Labute approximate surface area is 174 Å². The highest BCUT2D eigenvalue weighted by Crippen LogP contribution is 2.46. The molecule has 1 aromatic rings. The first kappa shape index (κ1) is 21.3. The first-order valence-corrected chi connectivity index (χ1v) is 10.3. The maximum absolute atomic E-state index is 14.8. The molecule has 7 heteroatoms. The summed E-state index contributed by atoms with van der Waals surface area (Å²) in [5.41, 5.74) is -1.62. The number of ether oxygens (including phenoxy) is 1. The summed E-state index contributed by atoms with van der Waals surface area (Å²) in [5.74, 6) is -1.10. The summed E-state index contributed by atoms with van der Waals surface area (Å²) in [6.07, 6.45) is 1.43. The molecule has 0 saturated carbocycles. The highest BCUT2D eigenvalue weighted by molar-refractivity contribution is 9.10. The Hall–Kier alpha value is -1.44. The SMILES string of the molecule is C=CCN1CC2CN(C(=O)OC(C)(C)C)CC(C1)C2(O)c1ccc(Br)cc1F. The number of carbonyl (C=O) groups excluding carboxylic acids is 1. The number of carbonyl (C=O) groups is 1. The minimum Gasteiger partial charge on any atom is -0.444 e. The molecule has 2 aliphatic rings. The van der Waals surface area contributed by atoms with E-state index in [-0.39, 0.29) is 11.8 Å². The van der Waals surface area contributed by atoms with Crippen LogP contribution in [-0.4, -0.2) is 59.3 Å². The fourth-order valence-corrected chi connectivity index (χ4v) is 4.70. The summed E-state index contributed by atoms with van der Waals surface area (Å²) >= 11 is 3.28. The topological polar surface area (TPSA) is 53.0 Å². The highest BCUT2D eigenvalue weighted by Gasteiger charge is 2.55. The van der Waals surface area contributed by atoms with E-state index in [2.05, 4.69) is 27.4 Å². The van der Waals surface area contributed by atoms with E-state index < -0.39 is 23.1 Å². The van der Waals surface area contributed by atoms with Gasteiger partial charge in [0, 0.05) is 54.6 Å². The first-order chi connectivity index (χ1) is 13.0. The lowest BCUT2D eigenvalue weighted by molar-refractivity contribution is -0.162. The summed E-state index contributed by atoms with van der Waals surface area (Å²) in [7, 11) is 0. The van der Waals surface area contributed by atoms with Crippen LogP contribution in [0.5, 0.6) is 0 Å². The summed E-state index contributed by atoms with van der Waals surface area (Å²) in [6, 6.07) is 4.77. The third kappa shape index (κ3) is 4.11. The normalized spacial score (nSPS) is 28.1. The molecule has 2 fully saturated rings. The zero-order valence-electron chi connectivity index (χ0n) is 16.6. The molecule has 0 aliphatic carbocycles. The molecule has 2 atom stereocenters. The van der Waals surface area contributed by atoms with Gasteiger partial charge in [-0.25, -0.2) is 9.18 Å². The van der Waals surface area contributed by atoms with Gasteiger partial charge in [0.05, 0.1) is 0 Å². The van der Waals surface area contributed by atoms with Crippen molar-refractivity contribution in [3.05, 3.63) is 46.7 Å². The van der Waals surface area contributed by atoms with Crippen molar-refractivity contribution in [2.75, 3.05) is 32.7 Å². The van der Waals surface area contributed by atoms with Crippen LogP contribution < -0.4 is 0 Å². The fourth-order valence-electron chi connectivity index (χ4n) is 4.37. The molecule has 28 heavy (non-hydrogen) atoms. The molecule has 2 unspecified atom stereocenters. The molecular weight excluding hydrogens is 427 g/mol. The van der Waals surface area contributed by atoms with Crippen molar-refractivity contribution in [1.82, 2.24) is 9.80 Å². The van der Waals surface area contributed by atoms with E-state index in [9.17, 15) is 14.3 Å². The second kappa shape index (κ2) is 7.76. The zero-order chi connectivity index (χ0) is 20.7. The Morgan fingerprint density at radius 2 is 1.96 bits per heavy atom. The Morgan fingerprint density at radius 1 is 1.36 bits per heavy atom. The highest BCUT2D eigenvalue weighted by atomic mass is 79.9. The predicted molar refractivity (Wildman–Crippen MR) is 109 cm³/mol. The van der Waals surface area contributed by atoms with Crippen molar-refractivity contribution in [2.45, 2.75) is 32.0 Å². The minimum atomic E-state index is -1.33. The van der Waals surface area contributed by atoms with Crippen LogP contribution in [0.1, 0.15) is 26.3 Å². The number of hydrogen-bond acceptors (Lipinski definition) is 4. The minimum absolute atomic E-state index is 0.299. The standard InChI is InChI=1S/C21H28BrFN2O3/c1-5-8-24-10-14-12-25(19(26)28-20(2,3)4)13-15(11-24)21(14,27)17-7-6-16(22)9-18(17)23/h5-7,9,14-15,27H,1,8,10-13H2,2-4H3. The molecule has 3 rings (SSSR count). The van der Waals surface area contributed by atoms with Crippen LogP contribution in [0.15, 0.2) is 35.3 Å². The van der Waals surface area contributed by atoms with Crippen LogP contribution in [-0.2, 0) is 10.3 Å². The third-order valence-corrected chi connectivity index (χ3v) is 5.98. The van der Waals surface area contributed by atoms with Gasteiger partial charge in [0.1, 0.15) is 17.0 Å². The molecule has 1 aromatic carbocycles. The molecular formula is C21H28BrFN2O3. The number of rotatable bonds is 3. The van der Waals surface area contributed by atoms with Gasteiger partial charge in [-0.2, -0.15) is 0 Å². The predicted octanol–water partition coefficient (Wildman–Crippen LogP) is 3.76. The largest absolute Gasteiger partial charge is 0.444 e. The van der Waals surface area contributed by atoms with E-state index in [0.29, 0.717) is 42.8 Å². The number of benzene rings is 1. The molecule has 154 valence electrons. The van der Waals surface area contributed by atoms with Gasteiger partial charge in [-0.1, -0.05) is 28.1 Å². The van der Waals surface area contributed by atoms with Gasteiger partial charge < -0.3 is 14.7 Å². The number of nitrogens with zero attached hydrogens (tertiary/aromatic N) is 2. The molecule has 0 radical (unpaired) electrons. The van der Waals surface area contributed by atoms with Gasteiger partial charge >= 0.3 is 6.09 Å². The number of fused-ring (bicyclic) bond motifs is 2. The summed E-state index contributed by atoms with van der Waals surface area (Å²) in [6.45, 7) is 11.7. The molecule has 2 aliphatic heterocycles. The van der Waals surface area contributed by atoms with Crippen molar-refractivity contribution in [3.8, 4) is 0 Å².